The number of nitrogens with one attached hydrogen (secondary N) is 1. The van der Waals surface area contributed by atoms with Gasteiger partial charge >= 0.3 is 6.09 Å². The summed E-state index contributed by atoms with van der Waals surface area (Å²) in [6.07, 6.45) is -1.38. The van der Waals surface area contributed by atoms with Gasteiger partial charge in [0.2, 0.25) is 5.91 Å². The highest BCUT2D eigenvalue weighted by molar-refractivity contribution is 5.80. The maximum absolute atomic E-state index is 12.2. The summed E-state index contributed by atoms with van der Waals surface area (Å²) in [5.74, 6) is -0.924. The van der Waals surface area contributed by atoms with Gasteiger partial charge in [-0.3, -0.25) is 4.79 Å². The number of carbonyl (C=O) groups excluding carboxylic acids is 2. The maximum Gasteiger partial charge on any atom is 0.405 e. The molecule has 0 radical (unpaired) electrons. The molecule has 25 heavy (non-hydrogen) atoms. The van der Waals surface area contributed by atoms with Gasteiger partial charge in [-0.2, -0.15) is 0 Å². The van der Waals surface area contributed by atoms with Crippen LogP contribution < -0.4 is 11.1 Å². The lowest BCUT2D eigenvalue weighted by Gasteiger charge is -2.31. The van der Waals surface area contributed by atoms with Gasteiger partial charge in [-0.25, -0.2) is 4.79 Å². The molecule has 2 atom stereocenters. The van der Waals surface area contributed by atoms with Crippen molar-refractivity contribution in [3.8, 4) is 0 Å². The fourth-order valence-corrected chi connectivity index (χ4v) is 2.75. The van der Waals surface area contributed by atoms with Gasteiger partial charge in [-0.1, -0.05) is 30.3 Å². The summed E-state index contributed by atoms with van der Waals surface area (Å²) in [5.41, 5.74) is 5.18. The quantitative estimate of drug-likeness (QED) is 0.549. The smallest absolute Gasteiger partial charge is 0.405 e. The van der Waals surface area contributed by atoms with E-state index in [2.05, 4.69) is 5.32 Å². The summed E-state index contributed by atoms with van der Waals surface area (Å²) in [7, 11) is 1.53. The highest BCUT2D eigenvalue weighted by Crippen LogP contribution is 2.26. The first kappa shape index (κ1) is 20.9. The van der Waals surface area contributed by atoms with E-state index in [0.717, 1.165) is 5.56 Å². The number of nitrogens with two attached hydrogens (primary N) is 1. The van der Waals surface area contributed by atoms with Gasteiger partial charge in [0.05, 0.1) is 6.61 Å². The highest BCUT2D eigenvalue weighted by atomic mass is 16.6. The molecule has 0 heterocycles. The molecular weight excluding hydrogens is 324 g/mol. The van der Waals surface area contributed by atoms with Crippen LogP contribution in [0.5, 0.6) is 0 Å². The Kier molecular flexibility index (Phi) is 8.37. The summed E-state index contributed by atoms with van der Waals surface area (Å²) in [5, 5.41) is 13.1. The molecule has 2 unspecified atom stereocenters. The Labute approximate surface area is 148 Å². The van der Waals surface area contributed by atoms with Crippen LogP contribution >= 0.6 is 0 Å². The third-order valence-corrected chi connectivity index (χ3v) is 3.79. The van der Waals surface area contributed by atoms with Crippen molar-refractivity contribution in [3.05, 3.63) is 35.9 Å². The highest BCUT2D eigenvalue weighted by Gasteiger charge is 2.33. The molecule has 140 valence electrons. The van der Waals surface area contributed by atoms with Gasteiger partial charge < -0.3 is 25.6 Å². The first-order valence-corrected chi connectivity index (χ1v) is 8.22. The van der Waals surface area contributed by atoms with E-state index in [-0.39, 0.29) is 6.42 Å². The zero-order chi connectivity index (χ0) is 18.9. The zero-order valence-corrected chi connectivity index (χ0v) is 15.0. The summed E-state index contributed by atoms with van der Waals surface area (Å²) < 4.78 is 10.00. The molecule has 7 nitrogen and oxygen atoms in total. The van der Waals surface area contributed by atoms with Crippen molar-refractivity contribution in [1.82, 2.24) is 5.32 Å². The molecule has 0 aliphatic rings. The molecule has 1 aromatic rings. The number of primary amides is 1. The number of hydrogen-bond acceptors (Lipinski definition) is 5. The largest absolute Gasteiger partial charge is 0.444 e. The van der Waals surface area contributed by atoms with Crippen LogP contribution in [0.3, 0.4) is 0 Å². The molecule has 2 amide bonds. The minimum Gasteiger partial charge on any atom is -0.444 e. The van der Waals surface area contributed by atoms with E-state index in [9.17, 15) is 14.7 Å². The predicted molar refractivity (Wildman–Crippen MR) is 93.9 cm³/mol. The van der Waals surface area contributed by atoms with Crippen molar-refractivity contribution < 1.29 is 24.2 Å². The third kappa shape index (κ3) is 8.00. The lowest BCUT2D eigenvalue weighted by molar-refractivity contribution is -0.133. The average Bonchev–Trinajstić information content (AvgIpc) is 2.53. The van der Waals surface area contributed by atoms with Crippen LogP contribution in [-0.2, 0) is 20.7 Å². The number of amides is 2. The third-order valence-electron chi connectivity index (χ3n) is 3.79. The van der Waals surface area contributed by atoms with E-state index in [1.165, 1.54) is 7.11 Å². The van der Waals surface area contributed by atoms with Crippen LogP contribution in [0, 0.1) is 5.92 Å². The molecule has 1 aromatic carbocycles. The normalized spacial score (nSPS) is 13.8. The van der Waals surface area contributed by atoms with Crippen molar-refractivity contribution in [2.45, 2.75) is 38.4 Å². The summed E-state index contributed by atoms with van der Waals surface area (Å²) in [4.78, 5) is 23.3. The molecule has 0 aliphatic carbocycles. The molecule has 0 saturated carbocycles. The lowest BCUT2D eigenvalue weighted by atomic mass is 9.84. The summed E-state index contributed by atoms with van der Waals surface area (Å²) in [6, 6.07) is 9.52. The minimum absolute atomic E-state index is 0.281. The second-order valence-corrected chi connectivity index (χ2v) is 6.56. The number of ether oxygens (including phenoxy) is 2. The van der Waals surface area contributed by atoms with Gasteiger partial charge in [-0.05, 0) is 32.3 Å². The van der Waals surface area contributed by atoms with Gasteiger partial charge in [0, 0.05) is 19.6 Å². The molecule has 0 aliphatic heterocycles. The van der Waals surface area contributed by atoms with E-state index in [1.807, 2.05) is 30.3 Å². The van der Waals surface area contributed by atoms with Crippen LogP contribution in [0.1, 0.15) is 25.8 Å². The first-order chi connectivity index (χ1) is 11.7. The minimum atomic E-state index is -1.24. The van der Waals surface area contributed by atoms with Gasteiger partial charge in [-0.15, -0.1) is 0 Å². The van der Waals surface area contributed by atoms with Crippen molar-refractivity contribution in [3.63, 3.8) is 0 Å². The number of benzene rings is 1. The predicted octanol–water partition coefficient (Wildman–Crippen LogP) is 1.23. The summed E-state index contributed by atoms with van der Waals surface area (Å²) >= 11 is 0. The molecular formula is C18H28N2O5. The number of carbonyl (C=O) groups is 2. The van der Waals surface area contributed by atoms with Crippen LogP contribution in [0.2, 0.25) is 0 Å². The van der Waals surface area contributed by atoms with E-state index in [4.69, 9.17) is 15.2 Å². The maximum atomic E-state index is 12.2. The van der Waals surface area contributed by atoms with E-state index in [1.54, 1.807) is 13.8 Å². The molecule has 0 aromatic heterocycles. The standard InChI is InChI=1S/C18H28N2O5/c1-18(2,25-17(19)23)12-14(11-13-7-5-4-6-8-13)15(21)16(22)20-9-10-24-3/h4-8,14-15,21H,9-12H2,1-3H3,(H2,19,23)(H,20,22). The average molecular weight is 352 g/mol. The lowest BCUT2D eigenvalue weighted by Crippen LogP contribution is -2.44. The molecule has 7 heteroatoms. The van der Waals surface area contributed by atoms with Gasteiger partial charge in [0.25, 0.3) is 0 Å². The van der Waals surface area contributed by atoms with Crippen LogP contribution in [0.25, 0.3) is 0 Å². The molecule has 1 rings (SSSR count). The number of aliphatic hydroxyl groups is 1. The number of methoxy groups -OCH3 is 1. The Morgan fingerprint density at radius 2 is 1.92 bits per heavy atom. The number of aliphatic hydroxyl groups excluding tert-OH is 1. The summed E-state index contributed by atoms with van der Waals surface area (Å²) in [6.45, 7) is 4.07. The number of hydrogen-bond donors (Lipinski definition) is 3. The Morgan fingerprint density at radius 3 is 2.48 bits per heavy atom. The second-order valence-electron chi connectivity index (χ2n) is 6.56. The van der Waals surface area contributed by atoms with Crippen LogP contribution in [0.4, 0.5) is 4.79 Å². The zero-order valence-electron chi connectivity index (χ0n) is 15.0. The first-order valence-electron chi connectivity index (χ1n) is 8.22. The Balaban J connectivity index is 2.86. The molecule has 4 N–H and O–H groups in total. The Bertz CT molecular complexity index is 548. The van der Waals surface area contributed by atoms with Crippen molar-refractivity contribution >= 4 is 12.0 Å². The van der Waals surface area contributed by atoms with Crippen molar-refractivity contribution in [2.75, 3.05) is 20.3 Å². The van der Waals surface area contributed by atoms with E-state index < -0.39 is 29.6 Å². The van der Waals surface area contributed by atoms with Crippen molar-refractivity contribution in [2.24, 2.45) is 11.7 Å². The van der Waals surface area contributed by atoms with E-state index in [0.29, 0.717) is 19.6 Å². The van der Waals surface area contributed by atoms with Gasteiger partial charge in [0.1, 0.15) is 11.7 Å². The fourth-order valence-electron chi connectivity index (χ4n) is 2.75. The monoisotopic (exact) mass is 352 g/mol. The SMILES string of the molecule is COCCNC(=O)C(O)C(Cc1ccccc1)CC(C)(C)OC(N)=O. The second kappa shape index (κ2) is 10.0. The van der Waals surface area contributed by atoms with Crippen LogP contribution in [0.15, 0.2) is 30.3 Å². The van der Waals surface area contributed by atoms with Gasteiger partial charge in [0.15, 0.2) is 0 Å². The molecule has 0 saturated heterocycles. The Morgan fingerprint density at radius 1 is 1.28 bits per heavy atom. The topological polar surface area (TPSA) is 111 Å². The van der Waals surface area contributed by atoms with E-state index >= 15 is 0 Å². The van der Waals surface area contributed by atoms with Crippen LogP contribution in [-0.4, -0.2) is 49.1 Å². The Hall–Kier alpha value is -2.12. The molecule has 0 bridgehead atoms. The number of rotatable bonds is 10. The fraction of sp³-hybridized carbons (Fsp3) is 0.556. The molecule has 0 spiro atoms. The molecule has 0 fully saturated rings. The van der Waals surface area contributed by atoms with Crippen molar-refractivity contribution in [1.29, 1.82) is 0 Å².